The summed E-state index contributed by atoms with van der Waals surface area (Å²) >= 11 is 3.41. The maximum atomic E-state index is 11.4. The second-order valence-corrected chi connectivity index (χ2v) is 5.70. The van der Waals surface area contributed by atoms with Gasteiger partial charge < -0.3 is 10.5 Å². The first-order valence-corrected chi connectivity index (χ1v) is 6.69. The van der Waals surface area contributed by atoms with E-state index in [1.165, 1.54) is 5.56 Å². The van der Waals surface area contributed by atoms with Crippen LogP contribution in [0.15, 0.2) is 28.7 Å². The Labute approximate surface area is 115 Å². The van der Waals surface area contributed by atoms with Gasteiger partial charge in [-0.25, -0.2) is 0 Å². The molecule has 2 N–H and O–H groups in total. The predicted octanol–water partition coefficient (Wildman–Crippen LogP) is 1.53. The van der Waals surface area contributed by atoms with Crippen molar-refractivity contribution in [3.8, 4) is 0 Å². The van der Waals surface area contributed by atoms with E-state index < -0.39 is 11.5 Å². The van der Waals surface area contributed by atoms with Gasteiger partial charge in [-0.1, -0.05) is 28.1 Å². The number of halogens is 1. The van der Waals surface area contributed by atoms with Crippen molar-refractivity contribution < 1.29 is 9.53 Å². The first-order chi connectivity index (χ1) is 8.49. The topological polar surface area (TPSA) is 55.6 Å². The van der Waals surface area contributed by atoms with Gasteiger partial charge in [0.25, 0.3) is 5.91 Å². The SMILES string of the molecule is C[C@@]1(C(N)=O)CN(Cc2ccc(Br)cc2)CCO1. The van der Waals surface area contributed by atoms with Crippen LogP contribution in [-0.2, 0) is 16.1 Å². The molecule has 0 spiro atoms. The van der Waals surface area contributed by atoms with E-state index in [0.29, 0.717) is 13.2 Å². The van der Waals surface area contributed by atoms with Crippen molar-refractivity contribution in [3.05, 3.63) is 34.3 Å². The Morgan fingerprint density at radius 2 is 2.17 bits per heavy atom. The summed E-state index contributed by atoms with van der Waals surface area (Å²) in [6.45, 7) is 4.45. The molecule has 1 aliphatic rings. The number of carbonyl (C=O) groups is 1. The second-order valence-electron chi connectivity index (χ2n) is 4.78. The summed E-state index contributed by atoms with van der Waals surface area (Å²) in [5, 5.41) is 0. The fraction of sp³-hybridized carbons (Fsp3) is 0.462. The summed E-state index contributed by atoms with van der Waals surface area (Å²) in [7, 11) is 0. The van der Waals surface area contributed by atoms with Gasteiger partial charge in [-0.2, -0.15) is 0 Å². The van der Waals surface area contributed by atoms with Crippen LogP contribution >= 0.6 is 15.9 Å². The predicted molar refractivity (Wildman–Crippen MR) is 73.0 cm³/mol. The molecule has 1 aliphatic heterocycles. The zero-order valence-electron chi connectivity index (χ0n) is 10.4. The number of benzene rings is 1. The number of amides is 1. The van der Waals surface area contributed by atoms with Gasteiger partial charge in [-0.3, -0.25) is 9.69 Å². The Hall–Kier alpha value is -0.910. The highest BCUT2D eigenvalue weighted by molar-refractivity contribution is 9.10. The van der Waals surface area contributed by atoms with Gasteiger partial charge in [-0.05, 0) is 24.6 Å². The molecular formula is C13H17BrN2O2. The molecule has 0 aromatic heterocycles. The van der Waals surface area contributed by atoms with E-state index in [4.69, 9.17) is 10.5 Å². The molecule has 18 heavy (non-hydrogen) atoms. The van der Waals surface area contributed by atoms with Crippen LogP contribution in [-0.4, -0.2) is 36.1 Å². The minimum absolute atomic E-state index is 0.400. The van der Waals surface area contributed by atoms with E-state index >= 15 is 0 Å². The van der Waals surface area contributed by atoms with Crippen molar-refractivity contribution in [2.75, 3.05) is 19.7 Å². The van der Waals surface area contributed by atoms with E-state index in [1.807, 2.05) is 12.1 Å². The number of carbonyl (C=O) groups excluding carboxylic acids is 1. The molecule has 1 fully saturated rings. The van der Waals surface area contributed by atoms with Gasteiger partial charge in [0.15, 0.2) is 5.60 Å². The molecule has 1 saturated heterocycles. The van der Waals surface area contributed by atoms with Crippen molar-refractivity contribution in [3.63, 3.8) is 0 Å². The lowest BCUT2D eigenvalue weighted by Gasteiger charge is -2.38. The molecule has 0 unspecified atom stereocenters. The van der Waals surface area contributed by atoms with Gasteiger partial charge in [0.1, 0.15) is 0 Å². The Morgan fingerprint density at radius 1 is 1.50 bits per heavy atom. The van der Waals surface area contributed by atoms with E-state index in [1.54, 1.807) is 6.92 Å². The Balaban J connectivity index is 2.02. The highest BCUT2D eigenvalue weighted by Crippen LogP contribution is 2.19. The highest BCUT2D eigenvalue weighted by Gasteiger charge is 2.37. The van der Waals surface area contributed by atoms with Crippen molar-refractivity contribution >= 4 is 21.8 Å². The molecule has 0 radical (unpaired) electrons. The van der Waals surface area contributed by atoms with Crippen LogP contribution in [0.3, 0.4) is 0 Å². The van der Waals surface area contributed by atoms with E-state index in [2.05, 4.69) is 33.0 Å². The third kappa shape index (κ3) is 3.10. The van der Waals surface area contributed by atoms with Gasteiger partial charge >= 0.3 is 0 Å². The molecular weight excluding hydrogens is 296 g/mol. The van der Waals surface area contributed by atoms with Crippen LogP contribution < -0.4 is 5.73 Å². The lowest BCUT2D eigenvalue weighted by Crippen LogP contribution is -2.56. The van der Waals surface area contributed by atoms with E-state index in [0.717, 1.165) is 17.6 Å². The number of rotatable bonds is 3. The quantitative estimate of drug-likeness (QED) is 0.921. The van der Waals surface area contributed by atoms with Crippen molar-refractivity contribution in [2.45, 2.75) is 19.1 Å². The standard InChI is InChI=1S/C13H17BrN2O2/c1-13(12(15)17)9-16(6-7-18-13)8-10-2-4-11(14)5-3-10/h2-5H,6-9H2,1H3,(H2,15,17)/t13-/m0/s1. The average molecular weight is 313 g/mol. The summed E-state index contributed by atoms with van der Waals surface area (Å²) in [5.74, 6) is -0.400. The van der Waals surface area contributed by atoms with Crippen LogP contribution in [0.2, 0.25) is 0 Å². The first kappa shape index (κ1) is 13.5. The van der Waals surface area contributed by atoms with Crippen LogP contribution in [0.25, 0.3) is 0 Å². The van der Waals surface area contributed by atoms with Crippen molar-refractivity contribution in [2.24, 2.45) is 5.73 Å². The van der Waals surface area contributed by atoms with Crippen molar-refractivity contribution in [1.82, 2.24) is 4.90 Å². The first-order valence-electron chi connectivity index (χ1n) is 5.90. The number of primary amides is 1. The van der Waals surface area contributed by atoms with E-state index in [9.17, 15) is 4.79 Å². The smallest absolute Gasteiger partial charge is 0.250 e. The molecule has 0 bridgehead atoms. The fourth-order valence-corrected chi connectivity index (χ4v) is 2.35. The lowest BCUT2D eigenvalue weighted by atomic mass is 10.0. The number of nitrogens with zero attached hydrogens (tertiary/aromatic N) is 1. The molecule has 1 aromatic rings. The monoisotopic (exact) mass is 312 g/mol. The number of hydrogen-bond acceptors (Lipinski definition) is 3. The van der Waals surface area contributed by atoms with Crippen LogP contribution in [0.1, 0.15) is 12.5 Å². The Bertz CT molecular complexity index is 435. The molecule has 98 valence electrons. The fourth-order valence-electron chi connectivity index (χ4n) is 2.08. The molecule has 2 rings (SSSR count). The third-order valence-corrected chi connectivity index (χ3v) is 3.72. The van der Waals surface area contributed by atoms with Crippen LogP contribution in [0, 0.1) is 0 Å². The zero-order chi connectivity index (χ0) is 13.2. The van der Waals surface area contributed by atoms with Gasteiger partial charge in [0.05, 0.1) is 6.61 Å². The Morgan fingerprint density at radius 3 is 2.78 bits per heavy atom. The average Bonchev–Trinajstić information content (AvgIpc) is 2.32. The molecule has 0 aliphatic carbocycles. The molecule has 0 saturated carbocycles. The normalized spacial score (nSPS) is 25.0. The summed E-state index contributed by atoms with van der Waals surface area (Å²) in [5.41, 5.74) is 5.73. The van der Waals surface area contributed by atoms with E-state index in [-0.39, 0.29) is 0 Å². The molecule has 1 amide bonds. The maximum Gasteiger partial charge on any atom is 0.250 e. The number of hydrogen-bond donors (Lipinski definition) is 1. The molecule has 4 nitrogen and oxygen atoms in total. The number of nitrogens with two attached hydrogens (primary N) is 1. The number of morpholine rings is 1. The summed E-state index contributed by atoms with van der Waals surface area (Å²) in [6, 6.07) is 8.18. The molecule has 5 heteroatoms. The van der Waals surface area contributed by atoms with Crippen LogP contribution in [0.4, 0.5) is 0 Å². The van der Waals surface area contributed by atoms with Gasteiger partial charge in [0, 0.05) is 24.1 Å². The summed E-state index contributed by atoms with van der Waals surface area (Å²) in [4.78, 5) is 13.6. The Kier molecular flexibility index (Phi) is 4.04. The third-order valence-electron chi connectivity index (χ3n) is 3.19. The summed E-state index contributed by atoms with van der Waals surface area (Å²) < 4.78 is 6.56. The lowest BCUT2D eigenvalue weighted by molar-refractivity contribution is -0.153. The molecule has 1 heterocycles. The summed E-state index contributed by atoms with van der Waals surface area (Å²) in [6.07, 6.45) is 0. The van der Waals surface area contributed by atoms with Gasteiger partial charge in [-0.15, -0.1) is 0 Å². The molecule has 1 atom stereocenters. The highest BCUT2D eigenvalue weighted by atomic mass is 79.9. The maximum absolute atomic E-state index is 11.4. The number of ether oxygens (including phenoxy) is 1. The van der Waals surface area contributed by atoms with Crippen molar-refractivity contribution in [1.29, 1.82) is 0 Å². The second kappa shape index (κ2) is 5.38. The largest absolute Gasteiger partial charge is 0.367 e. The zero-order valence-corrected chi connectivity index (χ0v) is 11.9. The minimum atomic E-state index is -0.867. The minimum Gasteiger partial charge on any atom is -0.367 e. The van der Waals surface area contributed by atoms with Crippen LogP contribution in [0.5, 0.6) is 0 Å². The van der Waals surface area contributed by atoms with Gasteiger partial charge in [0.2, 0.25) is 0 Å². The molecule has 1 aromatic carbocycles.